The molecule has 1 N–H and O–H groups in total. The van der Waals surface area contributed by atoms with Gasteiger partial charge in [0.1, 0.15) is 5.82 Å². The summed E-state index contributed by atoms with van der Waals surface area (Å²) in [6.45, 7) is 2.06. The minimum Gasteiger partial charge on any atom is -0.354 e. The van der Waals surface area contributed by atoms with E-state index in [9.17, 15) is 4.39 Å². The van der Waals surface area contributed by atoms with Gasteiger partial charge in [-0.2, -0.15) is 4.80 Å². The van der Waals surface area contributed by atoms with Crippen LogP contribution in [0.2, 0.25) is 5.02 Å². The van der Waals surface area contributed by atoms with Gasteiger partial charge in [0.05, 0.1) is 23.3 Å². The Kier molecular flexibility index (Phi) is 4.37. The van der Waals surface area contributed by atoms with Crippen LogP contribution in [-0.2, 0) is 7.05 Å². The molecule has 2 aromatic heterocycles. The lowest BCUT2D eigenvalue weighted by Gasteiger charge is -2.08. The second-order valence-corrected chi connectivity index (χ2v) is 7.62. The molecular weight excluding hydrogens is 401 g/mol. The van der Waals surface area contributed by atoms with Crippen molar-refractivity contribution in [1.29, 1.82) is 0 Å². The first-order chi connectivity index (χ1) is 14.5. The highest BCUT2D eigenvalue weighted by atomic mass is 35.5. The van der Waals surface area contributed by atoms with Crippen LogP contribution < -0.4 is 0 Å². The number of hydrogen-bond donors (Lipinski definition) is 1. The number of aromatic amines is 1. The van der Waals surface area contributed by atoms with Crippen LogP contribution in [0.5, 0.6) is 0 Å². The maximum absolute atomic E-state index is 14.3. The molecule has 0 spiro atoms. The zero-order valence-corrected chi connectivity index (χ0v) is 17.1. The molecule has 148 valence electrons. The summed E-state index contributed by atoms with van der Waals surface area (Å²) in [4.78, 5) is 4.71. The van der Waals surface area contributed by atoms with Crippen molar-refractivity contribution >= 4 is 22.5 Å². The zero-order valence-electron chi connectivity index (χ0n) is 16.3. The first kappa shape index (κ1) is 18.5. The average Bonchev–Trinajstić information content (AvgIpc) is 3.33. The molecule has 3 aromatic carbocycles. The van der Waals surface area contributed by atoms with E-state index in [0.29, 0.717) is 22.1 Å². The highest BCUT2D eigenvalue weighted by Gasteiger charge is 2.13. The minimum atomic E-state index is -0.349. The van der Waals surface area contributed by atoms with Crippen molar-refractivity contribution in [3.05, 3.63) is 77.1 Å². The summed E-state index contributed by atoms with van der Waals surface area (Å²) in [5.74, 6) is 0.248. The number of aromatic nitrogens is 5. The number of hydrogen-bond acceptors (Lipinski definition) is 3. The predicted octanol–water partition coefficient (Wildman–Crippen LogP) is 5.79. The summed E-state index contributed by atoms with van der Waals surface area (Å²) in [5, 5.41) is 13.6. The van der Waals surface area contributed by atoms with Crippen molar-refractivity contribution < 1.29 is 4.39 Å². The molecule has 0 aliphatic rings. The molecule has 30 heavy (non-hydrogen) atoms. The lowest BCUT2D eigenvalue weighted by molar-refractivity contribution is 0.630. The highest BCUT2D eigenvalue weighted by molar-refractivity contribution is 6.33. The van der Waals surface area contributed by atoms with E-state index < -0.39 is 0 Å². The third kappa shape index (κ3) is 3.15. The summed E-state index contributed by atoms with van der Waals surface area (Å²) in [6.07, 6.45) is 0. The van der Waals surface area contributed by atoms with Gasteiger partial charge in [-0.3, -0.25) is 0 Å². The van der Waals surface area contributed by atoms with Gasteiger partial charge < -0.3 is 4.98 Å². The van der Waals surface area contributed by atoms with Crippen LogP contribution in [0.1, 0.15) is 5.56 Å². The first-order valence-corrected chi connectivity index (χ1v) is 9.80. The molecule has 0 saturated heterocycles. The molecule has 5 nitrogen and oxygen atoms in total. The van der Waals surface area contributed by atoms with Crippen LogP contribution in [0.3, 0.4) is 0 Å². The van der Waals surface area contributed by atoms with Gasteiger partial charge in [-0.05, 0) is 65.2 Å². The fraction of sp³-hybridized carbons (Fsp3) is 0.0870. The molecule has 7 heteroatoms. The topological polar surface area (TPSA) is 59.4 Å². The van der Waals surface area contributed by atoms with E-state index in [2.05, 4.69) is 45.5 Å². The molecule has 2 heterocycles. The third-order valence-electron chi connectivity index (χ3n) is 5.16. The van der Waals surface area contributed by atoms with Gasteiger partial charge in [0, 0.05) is 16.5 Å². The third-order valence-corrected chi connectivity index (χ3v) is 5.47. The van der Waals surface area contributed by atoms with Crippen molar-refractivity contribution in [1.82, 2.24) is 25.2 Å². The van der Waals surface area contributed by atoms with Crippen LogP contribution >= 0.6 is 11.6 Å². The molecule has 0 bridgehead atoms. The molecule has 5 aromatic rings. The minimum absolute atomic E-state index is 0.349. The van der Waals surface area contributed by atoms with Gasteiger partial charge in [0.25, 0.3) is 0 Å². The lowest BCUT2D eigenvalue weighted by Crippen LogP contribution is -1.92. The summed E-state index contributed by atoms with van der Waals surface area (Å²) in [6, 6.07) is 18.9. The highest BCUT2D eigenvalue weighted by Crippen LogP contribution is 2.34. The fourth-order valence-electron chi connectivity index (χ4n) is 3.72. The maximum Gasteiger partial charge on any atom is 0.204 e. The van der Waals surface area contributed by atoms with Gasteiger partial charge >= 0.3 is 0 Å². The van der Waals surface area contributed by atoms with Crippen LogP contribution in [-0.4, -0.2) is 25.2 Å². The quantitative estimate of drug-likeness (QED) is 0.404. The van der Waals surface area contributed by atoms with Crippen molar-refractivity contribution in [3.8, 4) is 33.8 Å². The number of tetrazole rings is 1. The number of fused-ring (bicyclic) bond motifs is 1. The number of halogens is 2. The normalized spacial score (nSPS) is 11.3. The van der Waals surface area contributed by atoms with Gasteiger partial charge in [0.2, 0.25) is 5.82 Å². The van der Waals surface area contributed by atoms with Crippen LogP contribution in [0.15, 0.2) is 60.7 Å². The Labute approximate surface area is 177 Å². The number of benzene rings is 3. The summed E-state index contributed by atoms with van der Waals surface area (Å²) < 4.78 is 14.3. The van der Waals surface area contributed by atoms with Crippen molar-refractivity contribution in [3.63, 3.8) is 0 Å². The van der Waals surface area contributed by atoms with Gasteiger partial charge in [-0.1, -0.05) is 35.9 Å². The molecule has 0 amide bonds. The Hall–Kier alpha value is -3.51. The summed E-state index contributed by atoms with van der Waals surface area (Å²) in [5.41, 5.74) is 6.17. The Morgan fingerprint density at radius 1 is 1.00 bits per heavy atom. The number of rotatable bonds is 3. The fourth-order valence-corrected chi connectivity index (χ4v) is 3.98. The SMILES string of the molecule is Cc1cc(-c2nnn(C)n2)ccc1-c1ccc2[nH]c(-c3c(F)cccc3Cl)cc2c1. The van der Waals surface area contributed by atoms with E-state index in [1.54, 1.807) is 19.2 Å². The van der Waals surface area contributed by atoms with Crippen molar-refractivity contribution in [2.45, 2.75) is 6.92 Å². The van der Waals surface area contributed by atoms with Crippen LogP contribution in [0, 0.1) is 12.7 Å². The number of nitrogens with one attached hydrogen (secondary N) is 1. The van der Waals surface area contributed by atoms with Gasteiger partial charge in [-0.25, -0.2) is 4.39 Å². The molecule has 0 aliphatic heterocycles. The Morgan fingerprint density at radius 3 is 2.57 bits per heavy atom. The largest absolute Gasteiger partial charge is 0.354 e. The molecule has 5 rings (SSSR count). The predicted molar refractivity (Wildman–Crippen MR) is 117 cm³/mol. The van der Waals surface area contributed by atoms with Crippen LogP contribution in [0.25, 0.3) is 44.7 Å². The molecule has 0 unspecified atom stereocenters. The van der Waals surface area contributed by atoms with Crippen molar-refractivity contribution in [2.75, 3.05) is 0 Å². The second-order valence-electron chi connectivity index (χ2n) is 7.21. The van der Waals surface area contributed by atoms with E-state index in [1.807, 2.05) is 24.3 Å². The Balaban J connectivity index is 1.56. The lowest BCUT2D eigenvalue weighted by atomic mass is 9.97. The van der Waals surface area contributed by atoms with Gasteiger partial charge in [-0.15, -0.1) is 10.2 Å². The standard InChI is InChI=1S/C23H17ClFN5/c1-13-10-15(23-27-29-30(2)28-23)6-8-17(13)14-7-9-20-16(11-14)12-21(26-20)22-18(24)4-3-5-19(22)25/h3-12,26H,1-2H3. The van der Waals surface area contributed by atoms with Crippen molar-refractivity contribution in [2.24, 2.45) is 7.05 Å². The molecule has 0 saturated carbocycles. The van der Waals surface area contributed by atoms with E-state index in [1.165, 1.54) is 10.9 Å². The first-order valence-electron chi connectivity index (χ1n) is 9.42. The summed E-state index contributed by atoms with van der Waals surface area (Å²) in [7, 11) is 1.74. The smallest absolute Gasteiger partial charge is 0.204 e. The molecule has 0 atom stereocenters. The number of nitrogens with zero attached hydrogens (tertiary/aromatic N) is 4. The molecule has 0 fully saturated rings. The second kappa shape index (κ2) is 7.07. The molecular formula is C23H17ClFN5. The Bertz CT molecular complexity index is 1380. The van der Waals surface area contributed by atoms with E-state index >= 15 is 0 Å². The van der Waals surface area contributed by atoms with Crippen LogP contribution in [0.4, 0.5) is 4.39 Å². The zero-order chi connectivity index (χ0) is 20.8. The van der Waals surface area contributed by atoms with E-state index in [0.717, 1.165) is 33.2 Å². The number of aryl methyl sites for hydroxylation is 2. The van der Waals surface area contributed by atoms with E-state index in [4.69, 9.17) is 11.6 Å². The molecule has 0 radical (unpaired) electrons. The van der Waals surface area contributed by atoms with E-state index in [-0.39, 0.29) is 5.82 Å². The van der Waals surface area contributed by atoms with Gasteiger partial charge in [0.15, 0.2) is 0 Å². The monoisotopic (exact) mass is 417 g/mol. The summed E-state index contributed by atoms with van der Waals surface area (Å²) >= 11 is 6.23. The Morgan fingerprint density at radius 2 is 1.83 bits per heavy atom. The number of H-pyrrole nitrogens is 1. The molecule has 0 aliphatic carbocycles. The maximum atomic E-state index is 14.3. The average molecular weight is 418 g/mol.